The molecule has 0 fully saturated rings. The van der Waals surface area contributed by atoms with Gasteiger partial charge in [-0.1, -0.05) is 72.0 Å². The molecular weight excluding hydrogens is 446 g/mol. The van der Waals surface area contributed by atoms with E-state index in [-0.39, 0.29) is 11.2 Å². The van der Waals surface area contributed by atoms with Crippen molar-refractivity contribution in [3.8, 4) is 27.9 Å². The summed E-state index contributed by atoms with van der Waals surface area (Å²) in [6.45, 7) is 3.78. The molecule has 0 aliphatic heterocycles. The fraction of sp³-hybridized carbons (Fsp3) is 0.0769. The second kappa shape index (κ2) is 9.29. The lowest BCUT2D eigenvalue weighted by molar-refractivity contribution is 0.483. The van der Waals surface area contributed by atoms with Crippen molar-refractivity contribution < 1.29 is 4.74 Å². The average Bonchev–Trinajstić information content (AvgIpc) is 3.38. The van der Waals surface area contributed by atoms with E-state index in [1.54, 1.807) is 13.0 Å². The van der Waals surface area contributed by atoms with Crippen molar-refractivity contribution in [2.75, 3.05) is 0 Å². The van der Waals surface area contributed by atoms with Gasteiger partial charge in [0.25, 0.3) is 0 Å². The molecule has 2 heterocycles. The first-order chi connectivity index (χ1) is 16.6. The lowest BCUT2D eigenvalue weighted by Crippen LogP contribution is -2.13. The van der Waals surface area contributed by atoms with Gasteiger partial charge in [0.2, 0.25) is 5.13 Å². The SMILES string of the molecule is Cc1[nH]n(-c2nc(-c3ccccc3)c(C)s2)c(=O)c1N=Nc1ccccc1Oc1ccccc1. The highest BCUT2D eigenvalue weighted by Crippen LogP contribution is 2.33. The zero-order valence-electron chi connectivity index (χ0n) is 18.6. The minimum Gasteiger partial charge on any atom is -0.455 e. The highest BCUT2D eigenvalue weighted by molar-refractivity contribution is 7.14. The molecule has 3 aromatic carbocycles. The van der Waals surface area contributed by atoms with Crippen LogP contribution in [0.3, 0.4) is 0 Å². The molecule has 0 unspecified atom stereocenters. The quantitative estimate of drug-likeness (QED) is 0.270. The number of aryl methyl sites for hydroxylation is 2. The number of nitrogens with one attached hydrogen (secondary N) is 1. The summed E-state index contributed by atoms with van der Waals surface area (Å²) in [5, 5.41) is 12.2. The van der Waals surface area contributed by atoms with Gasteiger partial charge in [0.1, 0.15) is 11.4 Å². The van der Waals surface area contributed by atoms with Gasteiger partial charge in [0, 0.05) is 10.4 Å². The third-order valence-electron chi connectivity index (χ3n) is 5.16. The van der Waals surface area contributed by atoms with E-state index in [0.29, 0.717) is 28.0 Å². The molecule has 0 amide bonds. The predicted molar refractivity (Wildman–Crippen MR) is 134 cm³/mol. The lowest BCUT2D eigenvalue weighted by Gasteiger charge is -2.07. The van der Waals surface area contributed by atoms with Crippen LogP contribution in [0.1, 0.15) is 10.6 Å². The van der Waals surface area contributed by atoms with Crippen LogP contribution in [0.2, 0.25) is 0 Å². The Morgan fingerprint density at radius 3 is 2.32 bits per heavy atom. The Balaban J connectivity index is 1.46. The van der Waals surface area contributed by atoms with E-state index in [1.807, 2.05) is 85.8 Å². The van der Waals surface area contributed by atoms with E-state index in [9.17, 15) is 4.79 Å². The number of para-hydroxylation sites is 2. The van der Waals surface area contributed by atoms with Crippen molar-refractivity contribution in [1.29, 1.82) is 0 Å². The van der Waals surface area contributed by atoms with E-state index >= 15 is 0 Å². The Morgan fingerprint density at radius 2 is 1.56 bits per heavy atom. The number of rotatable bonds is 6. The van der Waals surface area contributed by atoms with Crippen LogP contribution in [0.4, 0.5) is 11.4 Å². The standard InChI is InChI=1S/C26H21N5O2S/c1-17-23(29-28-21-15-9-10-16-22(21)33-20-13-7-4-8-14-20)25(32)31(30-17)26-27-24(18(2)34-26)19-11-5-3-6-12-19/h3-16,30H,1-2H3. The van der Waals surface area contributed by atoms with Gasteiger partial charge in [-0.3, -0.25) is 9.89 Å². The molecule has 8 heteroatoms. The zero-order valence-corrected chi connectivity index (χ0v) is 19.4. The zero-order chi connectivity index (χ0) is 23.5. The Kier molecular flexibility index (Phi) is 5.88. The first-order valence-corrected chi connectivity index (χ1v) is 11.5. The van der Waals surface area contributed by atoms with Crippen LogP contribution in [0.25, 0.3) is 16.4 Å². The van der Waals surface area contributed by atoms with Gasteiger partial charge in [-0.25, -0.2) is 4.98 Å². The summed E-state index contributed by atoms with van der Waals surface area (Å²) in [5.74, 6) is 1.24. The van der Waals surface area contributed by atoms with Crippen molar-refractivity contribution in [2.24, 2.45) is 10.2 Å². The number of ether oxygens (including phenoxy) is 1. The maximum Gasteiger partial charge on any atom is 0.301 e. The molecule has 0 saturated heterocycles. The summed E-state index contributed by atoms with van der Waals surface area (Å²) in [6.07, 6.45) is 0. The maximum atomic E-state index is 13.2. The average molecular weight is 468 g/mol. The number of aromatic nitrogens is 3. The maximum absolute atomic E-state index is 13.2. The Morgan fingerprint density at radius 1 is 0.882 bits per heavy atom. The second-order valence-electron chi connectivity index (χ2n) is 7.58. The Labute approximate surface area is 200 Å². The highest BCUT2D eigenvalue weighted by Gasteiger charge is 2.17. The number of aromatic amines is 1. The molecule has 0 aliphatic carbocycles. The molecule has 0 spiro atoms. The van der Waals surface area contributed by atoms with Crippen LogP contribution in [-0.2, 0) is 0 Å². The molecule has 0 bridgehead atoms. The molecule has 0 radical (unpaired) electrons. The topological polar surface area (TPSA) is 84.6 Å². The molecule has 7 nitrogen and oxygen atoms in total. The molecule has 5 aromatic rings. The van der Waals surface area contributed by atoms with Gasteiger partial charge in [0.05, 0.1) is 11.4 Å². The summed E-state index contributed by atoms with van der Waals surface area (Å²) in [5.41, 5.74) is 2.90. The van der Waals surface area contributed by atoms with Crippen LogP contribution in [-0.4, -0.2) is 14.8 Å². The van der Waals surface area contributed by atoms with Gasteiger partial charge < -0.3 is 4.74 Å². The number of hydrogen-bond acceptors (Lipinski definition) is 6. The van der Waals surface area contributed by atoms with Crippen molar-refractivity contribution in [3.05, 3.63) is 106 Å². The molecular formula is C26H21N5O2S. The van der Waals surface area contributed by atoms with E-state index in [4.69, 9.17) is 9.72 Å². The van der Waals surface area contributed by atoms with Crippen LogP contribution < -0.4 is 10.3 Å². The molecule has 5 rings (SSSR count). The number of azo groups is 1. The monoisotopic (exact) mass is 467 g/mol. The third-order valence-corrected chi connectivity index (χ3v) is 6.11. The summed E-state index contributed by atoms with van der Waals surface area (Å²) in [4.78, 5) is 18.9. The first-order valence-electron chi connectivity index (χ1n) is 10.7. The minimum atomic E-state index is -0.309. The third kappa shape index (κ3) is 4.31. The fourth-order valence-corrected chi connectivity index (χ4v) is 4.37. The highest BCUT2D eigenvalue weighted by atomic mass is 32.1. The minimum absolute atomic E-state index is 0.226. The van der Waals surface area contributed by atoms with Crippen molar-refractivity contribution >= 4 is 22.7 Å². The lowest BCUT2D eigenvalue weighted by atomic mass is 10.1. The summed E-state index contributed by atoms with van der Waals surface area (Å²) >= 11 is 1.44. The molecule has 168 valence electrons. The largest absolute Gasteiger partial charge is 0.455 e. The molecule has 1 N–H and O–H groups in total. The normalized spacial score (nSPS) is 11.2. The molecule has 0 saturated carbocycles. The number of H-pyrrole nitrogens is 1. The van der Waals surface area contributed by atoms with Gasteiger partial charge in [-0.2, -0.15) is 4.68 Å². The number of thiazole rings is 1. The van der Waals surface area contributed by atoms with Gasteiger partial charge in [0.15, 0.2) is 11.4 Å². The van der Waals surface area contributed by atoms with Crippen LogP contribution in [0.15, 0.2) is 100.0 Å². The Bertz CT molecular complexity index is 1520. The van der Waals surface area contributed by atoms with E-state index < -0.39 is 0 Å². The van der Waals surface area contributed by atoms with E-state index in [1.165, 1.54) is 16.0 Å². The van der Waals surface area contributed by atoms with Gasteiger partial charge in [-0.05, 0) is 38.1 Å². The summed E-state index contributed by atoms with van der Waals surface area (Å²) < 4.78 is 7.35. The van der Waals surface area contributed by atoms with Crippen LogP contribution >= 0.6 is 11.3 Å². The van der Waals surface area contributed by atoms with Crippen molar-refractivity contribution in [1.82, 2.24) is 14.8 Å². The molecule has 2 aromatic heterocycles. The van der Waals surface area contributed by atoms with E-state index in [0.717, 1.165) is 16.1 Å². The number of benzene rings is 3. The molecule has 34 heavy (non-hydrogen) atoms. The van der Waals surface area contributed by atoms with Gasteiger partial charge in [-0.15, -0.1) is 10.2 Å². The molecule has 0 aliphatic rings. The summed E-state index contributed by atoms with van der Waals surface area (Å²) in [6, 6.07) is 26.7. The summed E-state index contributed by atoms with van der Waals surface area (Å²) in [7, 11) is 0. The van der Waals surface area contributed by atoms with E-state index in [2.05, 4.69) is 15.3 Å². The van der Waals surface area contributed by atoms with Crippen molar-refractivity contribution in [3.63, 3.8) is 0 Å². The van der Waals surface area contributed by atoms with Crippen LogP contribution in [0.5, 0.6) is 11.5 Å². The number of nitrogens with zero attached hydrogens (tertiary/aromatic N) is 4. The van der Waals surface area contributed by atoms with Gasteiger partial charge >= 0.3 is 5.56 Å². The second-order valence-corrected chi connectivity index (χ2v) is 8.76. The predicted octanol–water partition coefficient (Wildman–Crippen LogP) is 7.11. The van der Waals surface area contributed by atoms with Crippen molar-refractivity contribution in [2.45, 2.75) is 13.8 Å². The number of hydrogen-bond donors (Lipinski definition) is 1. The fourth-order valence-electron chi connectivity index (χ4n) is 3.48. The van der Waals surface area contributed by atoms with Crippen LogP contribution in [0, 0.1) is 13.8 Å². The molecule has 0 atom stereocenters. The Hall–Kier alpha value is -4.30. The smallest absolute Gasteiger partial charge is 0.301 e. The first kappa shape index (κ1) is 21.5.